The number of amides is 1. The molecular weight excluding hydrogens is 362 g/mol. The SMILES string of the molecule is COc1cc(C=C2NC(=S)N(C)C2=O)ccc1OCc1ccccc1C#N. The smallest absolute Gasteiger partial charge is 0.276 e. The summed E-state index contributed by atoms with van der Waals surface area (Å²) in [6, 6.07) is 14.8. The Hall–Kier alpha value is -3.37. The first-order valence-corrected chi connectivity index (χ1v) is 8.54. The molecule has 0 spiro atoms. The van der Waals surface area contributed by atoms with Crippen molar-refractivity contribution in [2.24, 2.45) is 0 Å². The summed E-state index contributed by atoms with van der Waals surface area (Å²) in [5, 5.41) is 12.4. The van der Waals surface area contributed by atoms with Crippen LogP contribution in [0.3, 0.4) is 0 Å². The van der Waals surface area contributed by atoms with Crippen LogP contribution in [0.15, 0.2) is 48.2 Å². The number of likely N-dealkylation sites (N-methyl/N-ethyl adjacent to an activating group) is 1. The average Bonchev–Trinajstić information content (AvgIpc) is 2.93. The molecule has 0 bridgehead atoms. The molecule has 1 amide bonds. The number of hydrogen-bond donors (Lipinski definition) is 1. The molecule has 0 unspecified atom stereocenters. The number of rotatable bonds is 5. The van der Waals surface area contributed by atoms with Gasteiger partial charge in [0.15, 0.2) is 16.6 Å². The highest BCUT2D eigenvalue weighted by Crippen LogP contribution is 2.30. The van der Waals surface area contributed by atoms with Crippen LogP contribution in [0.1, 0.15) is 16.7 Å². The third-order valence-electron chi connectivity index (χ3n) is 4.10. The van der Waals surface area contributed by atoms with Crippen molar-refractivity contribution in [2.75, 3.05) is 14.2 Å². The summed E-state index contributed by atoms with van der Waals surface area (Å²) < 4.78 is 11.2. The summed E-state index contributed by atoms with van der Waals surface area (Å²) in [6.07, 6.45) is 1.70. The largest absolute Gasteiger partial charge is 0.493 e. The van der Waals surface area contributed by atoms with Crippen LogP contribution in [-0.4, -0.2) is 30.1 Å². The summed E-state index contributed by atoms with van der Waals surface area (Å²) in [5.74, 6) is 0.887. The molecule has 3 rings (SSSR count). The van der Waals surface area contributed by atoms with E-state index in [1.807, 2.05) is 24.3 Å². The van der Waals surface area contributed by atoms with Crippen LogP contribution in [0.25, 0.3) is 6.08 Å². The zero-order valence-corrected chi connectivity index (χ0v) is 15.7. The van der Waals surface area contributed by atoms with E-state index in [1.165, 1.54) is 4.90 Å². The number of carbonyl (C=O) groups excluding carboxylic acids is 1. The fourth-order valence-corrected chi connectivity index (χ4v) is 2.79. The molecular formula is C20H17N3O3S. The van der Waals surface area contributed by atoms with Crippen molar-refractivity contribution in [1.29, 1.82) is 5.26 Å². The molecule has 2 aromatic carbocycles. The van der Waals surface area contributed by atoms with Gasteiger partial charge in [0.25, 0.3) is 5.91 Å². The topological polar surface area (TPSA) is 74.6 Å². The molecule has 27 heavy (non-hydrogen) atoms. The van der Waals surface area contributed by atoms with E-state index in [0.717, 1.165) is 11.1 Å². The molecule has 1 aliphatic rings. The van der Waals surface area contributed by atoms with Crippen LogP contribution in [0.5, 0.6) is 11.5 Å². The van der Waals surface area contributed by atoms with Crippen LogP contribution in [0, 0.1) is 11.3 Å². The maximum atomic E-state index is 12.1. The van der Waals surface area contributed by atoms with Crippen LogP contribution in [-0.2, 0) is 11.4 Å². The van der Waals surface area contributed by atoms with Gasteiger partial charge in [-0.2, -0.15) is 5.26 Å². The first-order valence-electron chi connectivity index (χ1n) is 8.13. The monoisotopic (exact) mass is 379 g/mol. The van der Waals surface area contributed by atoms with E-state index in [4.69, 9.17) is 27.0 Å². The van der Waals surface area contributed by atoms with Crippen LogP contribution >= 0.6 is 12.2 Å². The Morgan fingerprint density at radius 3 is 2.70 bits per heavy atom. The van der Waals surface area contributed by atoms with E-state index in [2.05, 4.69) is 11.4 Å². The normalized spacial score (nSPS) is 14.9. The molecule has 0 aliphatic carbocycles. The van der Waals surface area contributed by atoms with Gasteiger partial charge in [0.1, 0.15) is 12.3 Å². The summed E-state index contributed by atoms with van der Waals surface area (Å²) in [7, 11) is 3.17. The number of nitriles is 1. The lowest BCUT2D eigenvalue weighted by Crippen LogP contribution is -2.25. The Balaban J connectivity index is 1.80. The van der Waals surface area contributed by atoms with Crippen molar-refractivity contribution < 1.29 is 14.3 Å². The van der Waals surface area contributed by atoms with Gasteiger partial charge in [-0.05, 0) is 42.1 Å². The van der Waals surface area contributed by atoms with E-state index in [1.54, 1.807) is 38.4 Å². The highest BCUT2D eigenvalue weighted by Gasteiger charge is 2.26. The molecule has 1 fully saturated rings. The zero-order valence-electron chi connectivity index (χ0n) is 14.9. The Kier molecular flexibility index (Phi) is 5.38. The van der Waals surface area contributed by atoms with Gasteiger partial charge in [0.05, 0.1) is 18.7 Å². The molecule has 0 saturated carbocycles. The standard InChI is InChI=1S/C20H17N3O3S/c1-23-19(24)16(22-20(23)27)9-13-7-8-17(18(10-13)25-2)26-12-15-6-4-3-5-14(15)11-21/h3-10H,12H2,1-2H3,(H,22,27). The van der Waals surface area contributed by atoms with Gasteiger partial charge in [0, 0.05) is 12.6 Å². The minimum Gasteiger partial charge on any atom is -0.493 e. The Morgan fingerprint density at radius 2 is 2.04 bits per heavy atom. The third-order valence-corrected chi connectivity index (χ3v) is 4.48. The second-order valence-electron chi connectivity index (χ2n) is 5.82. The van der Waals surface area contributed by atoms with Gasteiger partial charge in [-0.15, -0.1) is 0 Å². The third kappa shape index (κ3) is 3.91. The first-order chi connectivity index (χ1) is 13.0. The summed E-state index contributed by atoms with van der Waals surface area (Å²) in [6.45, 7) is 0.250. The van der Waals surface area contributed by atoms with Crippen molar-refractivity contribution in [3.63, 3.8) is 0 Å². The molecule has 2 aromatic rings. The maximum absolute atomic E-state index is 12.1. The number of hydrogen-bond acceptors (Lipinski definition) is 5. The first kappa shape index (κ1) is 18.4. The lowest BCUT2D eigenvalue weighted by atomic mass is 10.1. The van der Waals surface area contributed by atoms with E-state index in [9.17, 15) is 4.79 Å². The van der Waals surface area contributed by atoms with Gasteiger partial charge >= 0.3 is 0 Å². The van der Waals surface area contributed by atoms with Gasteiger partial charge in [0.2, 0.25) is 0 Å². The molecule has 1 aliphatic heterocycles. The molecule has 136 valence electrons. The summed E-state index contributed by atoms with van der Waals surface area (Å²) in [4.78, 5) is 13.5. The van der Waals surface area contributed by atoms with E-state index in [-0.39, 0.29) is 12.5 Å². The molecule has 1 saturated heterocycles. The lowest BCUT2D eigenvalue weighted by Gasteiger charge is -2.12. The molecule has 0 atom stereocenters. The second-order valence-corrected chi connectivity index (χ2v) is 6.21. The van der Waals surface area contributed by atoms with Crippen LogP contribution in [0.2, 0.25) is 0 Å². The van der Waals surface area contributed by atoms with Gasteiger partial charge in [-0.25, -0.2) is 0 Å². The quantitative estimate of drug-likeness (QED) is 0.636. The average molecular weight is 379 g/mol. The zero-order chi connectivity index (χ0) is 19.4. The minimum absolute atomic E-state index is 0.188. The number of benzene rings is 2. The lowest BCUT2D eigenvalue weighted by molar-refractivity contribution is -0.121. The van der Waals surface area contributed by atoms with Crippen molar-refractivity contribution in [3.05, 3.63) is 64.9 Å². The van der Waals surface area contributed by atoms with Crippen molar-refractivity contribution in [3.8, 4) is 17.6 Å². The fraction of sp³-hybridized carbons (Fsp3) is 0.150. The number of methoxy groups -OCH3 is 1. The highest BCUT2D eigenvalue weighted by molar-refractivity contribution is 7.80. The van der Waals surface area contributed by atoms with Crippen LogP contribution < -0.4 is 14.8 Å². The minimum atomic E-state index is -0.188. The molecule has 6 nitrogen and oxygen atoms in total. The van der Waals surface area contributed by atoms with Gasteiger partial charge < -0.3 is 14.8 Å². The highest BCUT2D eigenvalue weighted by atomic mass is 32.1. The van der Waals surface area contributed by atoms with Crippen molar-refractivity contribution in [2.45, 2.75) is 6.61 Å². The van der Waals surface area contributed by atoms with Gasteiger partial charge in [-0.3, -0.25) is 9.69 Å². The number of thiocarbonyl (C=S) groups is 1. The maximum Gasteiger partial charge on any atom is 0.276 e. The van der Waals surface area contributed by atoms with E-state index < -0.39 is 0 Å². The van der Waals surface area contributed by atoms with Crippen LogP contribution in [0.4, 0.5) is 0 Å². The van der Waals surface area contributed by atoms with Crippen molar-refractivity contribution >= 4 is 29.3 Å². The van der Waals surface area contributed by atoms with Crippen molar-refractivity contribution in [1.82, 2.24) is 10.2 Å². The molecule has 1 heterocycles. The molecule has 7 heteroatoms. The molecule has 0 aromatic heterocycles. The Morgan fingerprint density at radius 1 is 1.26 bits per heavy atom. The number of nitrogens with one attached hydrogen (secondary N) is 1. The molecule has 1 N–H and O–H groups in total. The number of nitrogens with zero attached hydrogens (tertiary/aromatic N) is 2. The molecule has 0 radical (unpaired) electrons. The Bertz CT molecular complexity index is 979. The van der Waals surface area contributed by atoms with Gasteiger partial charge in [-0.1, -0.05) is 24.3 Å². The predicted molar refractivity (Wildman–Crippen MR) is 105 cm³/mol. The van der Waals surface area contributed by atoms with E-state index >= 15 is 0 Å². The summed E-state index contributed by atoms with van der Waals surface area (Å²) >= 11 is 5.07. The summed E-state index contributed by atoms with van der Waals surface area (Å²) in [5.41, 5.74) is 2.54. The fourth-order valence-electron chi connectivity index (χ4n) is 2.59. The number of carbonyl (C=O) groups is 1. The number of ether oxygens (including phenoxy) is 2. The second kappa shape index (κ2) is 7.89. The van der Waals surface area contributed by atoms with E-state index in [0.29, 0.717) is 27.9 Å². The predicted octanol–water partition coefficient (Wildman–Crippen LogP) is 2.83. The Labute approximate surface area is 162 Å².